The van der Waals surface area contributed by atoms with Crippen LogP contribution in [0.5, 0.6) is 5.75 Å². The third kappa shape index (κ3) is 4.49. The molecule has 2 aromatic carbocycles. The second kappa shape index (κ2) is 8.49. The van der Waals surface area contributed by atoms with Crippen molar-refractivity contribution in [2.24, 2.45) is 0 Å². The maximum Gasteiger partial charge on any atom is 0.241 e. The van der Waals surface area contributed by atoms with Crippen LogP contribution in [0.3, 0.4) is 0 Å². The lowest BCUT2D eigenvalue weighted by molar-refractivity contribution is -0.120. The Bertz CT molecular complexity index is 981. The van der Waals surface area contributed by atoms with Crippen LogP contribution in [-0.2, 0) is 11.3 Å². The molecule has 1 atom stereocenters. The monoisotopic (exact) mass is 390 g/mol. The molecule has 0 aliphatic carbocycles. The summed E-state index contributed by atoms with van der Waals surface area (Å²) in [7, 11) is 1.66. The van der Waals surface area contributed by atoms with Gasteiger partial charge < -0.3 is 15.0 Å². The van der Waals surface area contributed by atoms with Crippen LogP contribution in [0, 0.1) is 6.92 Å². The number of nitrogens with one attached hydrogen (secondary N) is 2. The molecule has 1 amide bonds. The molecule has 0 spiro atoms. The van der Waals surface area contributed by atoms with Gasteiger partial charge in [0.05, 0.1) is 13.2 Å². The van der Waals surface area contributed by atoms with E-state index in [0.29, 0.717) is 6.54 Å². The van der Waals surface area contributed by atoms with Crippen molar-refractivity contribution < 1.29 is 9.53 Å². The number of hydrogen-bond acceptors (Lipinski definition) is 4. The van der Waals surface area contributed by atoms with Crippen molar-refractivity contribution in [3.05, 3.63) is 66.2 Å². The first-order valence-corrected chi connectivity index (χ1v) is 9.92. The molecule has 1 saturated heterocycles. The minimum atomic E-state index is -0.114. The predicted molar refractivity (Wildman–Crippen MR) is 114 cm³/mol. The molecule has 1 aliphatic heterocycles. The van der Waals surface area contributed by atoms with Gasteiger partial charge in [0.25, 0.3) is 0 Å². The van der Waals surface area contributed by atoms with Crippen LogP contribution in [0.15, 0.2) is 54.7 Å². The number of benzene rings is 2. The lowest BCUT2D eigenvalue weighted by atomic mass is 10.1. The normalized spacial score (nSPS) is 16.7. The SMILES string of the molecule is COc1cccc(-c2ccc(NC(=O)[C@@H]3CCCN3Cc3cnc(C)[nH]3)cc2)c1. The highest BCUT2D eigenvalue weighted by Crippen LogP contribution is 2.26. The summed E-state index contributed by atoms with van der Waals surface area (Å²) in [5.41, 5.74) is 4.02. The van der Waals surface area contributed by atoms with E-state index in [1.54, 1.807) is 7.11 Å². The van der Waals surface area contributed by atoms with E-state index >= 15 is 0 Å². The standard InChI is InChI=1S/C23H26N4O2/c1-16-24-14-20(25-16)15-27-12-4-7-22(27)23(28)26-19-10-8-17(9-11-19)18-5-3-6-21(13-18)29-2/h3,5-6,8-11,13-14,22H,4,7,12,15H2,1-2H3,(H,24,25)(H,26,28)/t22-/m0/s1. The molecule has 4 rings (SSSR count). The fourth-order valence-corrected chi connectivity index (χ4v) is 3.86. The van der Waals surface area contributed by atoms with E-state index in [-0.39, 0.29) is 11.9 Å². The molecule has 0 bridgehead atoms. The Morgan fingerprint density at radius 2 is 2.07 bits per heavy atom. The molecule has 6 nitrogen and oxygen atoms in total. The molecule has 0 unspecified atom stereocenters. The van der Waals surface area contributed by atoms with Gasteiger partial charge in [-0.1, -0.05) is 24.3 Å². The minimum Gasteiger partial charge on any atom is -0.497 e. The Morgan fingerprint density at radius 1 is 1.24 bits per heavy atom. The zero-order chi connectivity index (χ0) is 20.2. The van der Waals surface area contributed by atoms with E-state index < -0.39 is 0 Å². The van der Waals surface area contributed by atoms with E-state index in [2.05, 4.69) is 20.2 Å². The van der Waals surface area contributed by atoms with Crippen molar-refractivity contribution in [3.8, 4) is 16.9 Å². The van der Waals surface area contributed by atoms with Crippen molar-refractivity contribution in [1.29, 1.82) is 0 Å². The maximum absolute atomic E-state index is 12.9. The smallest absolute Gasteiger partial charge is 0.241 e. The number of likely N-dealkylation sites (tertiary alicyclic amines) is 1. The fourth-order valence-electron chi connectivity index (χ4n) is 3.86. The molecule has 1 aromatic heterocycles. The zero-order valence-corrected chi connectivity index (χ0v) is 16.8. The highest BCUT2D eigenvalue weighted by Gasteiger charge is 2.31. The molecule has 6 heteroatoms. The van der Waals surface area contributed by atoms with E-state index in [0.717, 1.165) is 53.5 Å². The summed E-state index contributed by atoms with van der Waals surface area (Å²) in [5, 5.41) is 3.07. The van der Waals surface area contributed by atoms with Gasteiger partial charge >= 0.3 is 0 Å². The number of rotatable bonds is 6. The molecule has 0 saturated carbocycles. The number of methoxy groups -OCH3 is 1. The second-order valence-corrected chi connectivity index (χ2v) is 7.42. The first-order valence-electron chi connectivity index (χ1n) is 9.92. The maximum atomic E-state index is 12.9. The average molecular weight is 390 g/mol. The van der Waals surface area contributed by atoms with Crippen LogP contribution in [0.25, 0.3) is 11.1 Å². The Hall–Kier alpha value is -3.12. The molecular weight excluding hydrogens is 364 g/mol. The average Bonchev–Trinajstić information content (AvgIpc) is 3.37. The predicted octanol–water partition coefficient (Wildman–Crippen LogP) is 4.00. The molecule has 1 aliphatic rings. The molecular formula is C23H26N4O2. The van der Waals surface area contributed by atoms with Crippen molar-refractivity contribution in [3.63, 3.8) is 0 Å². The van der Waals surface area contributed by atoms with Gasteiger partial charge in [0, 0.05) is 24.1 Å². The third-order valence-electron chi connectivity index (χ3n) is 5.35. The first-order chi connectivity index (χ1) is 14.1. The van der Waals surface area contributed by atoms with Gasteiger partial charge in [0.2, 0.25) is 5.91 Å². The number of anilines is 1. The molecule has 29 heavy (non-hydrogen) atoms. The Labute approximate surface area is 170 Å². The molecule has 2 N–H and O–H groups in total. The second-order valence-electron chi connectivity index (χ2n) is 7.42. The van der Waals surface area contributed by atoms with Gasteiger partial charge in [-0.2, -0.15) is 0 Å². The van der Waals surface area contributed by atoms with Crippen molar-refractivity contribution >= 4 is 11.6 Å². The van der Waals surface area contributed by atoms with Gasteiger partial charge in [-0.3, -0.25) is 9.69 Å². The Morgan fingerprint density at radius 3 is 2.79 bits per heavy atom. The third-order valence-corrected chi connectivity index (χ3v) is 5.35. The quantitative estimate of drug-likeness (QED) is 0.668. The number of aryl methyl sites for hydroxylation is 1. The summed E-state index contributed by atoms with van der Waals surface area (Å²) in [5.74, 6) is 1.78. The van der Waals surface area contributed by atoms with Crippen LogP contribution in [-0.4, -0.2) is 40.5 Å². The number of ether oxygens (including phenoxy) is 1. The number of carbonyl (C=O) groups is 1. The van der Waals surface area contributed by atoms with E-state index in [1.165, 1.54) is 0 Å². The summed E-state index contributed by atoms with van der Waals surface area (Å²) in [6.45, 7) is 3.57. The summed E-state index contributed by atoms with van der Waals surface area (Å²) in [6.07, 6.45) is 3.75. The van der Waals surface area contributed by atoms with E-state index in [4.69, 9.17) is 4.74 Å². The van der Waals surface area contributed by atoms with Crippen LogP contribution in [0.2, 0.25) is 0 Å². The fraction of sp³-hybridized carbons (Fsp3) is 0.304. The highest BCUT2D eigenvalue weighted by atomic mass is 16.5. The Balaban J connectivity index is 1.41. The lowest BCUT2D eigenvalue weighted by Crippen LogP contribution is -2.39. The molecule has 2 heterocycles. The number of H-pyrrole nitrogens is 1. The van der Waals surface area contributed by atoms with Crippen LogP contribution >= 0.6 is 0 Å². The first kappa shape index (κ1) is 19.2. The summed E-state index contributed by atoms with van der Waals surface area (Å²) >= 11 is 0. The number of aromatic amines is 1. The summed E-state index contributed by atoms with van der Waals surface area (Å²) in [6, 6.07) is 15.8. The number of amides is 1. The minimum absolute atomic E-state index is 0.0490. The highest BCUT2D eigenvalue weighted by molar-refractivity contribution is 5.95. The number of imidazole rings is 1. The summed E-state index contributed by atoms with van der Waals surface area (Å²) < 4.78 is 5.30. The van der Waals surface area contributed by atoms with Gasteiger partial charge in [0.1, 0.15) is 11.6 Å². The van der Waals surface area contributed by atoms with E-state index in [1.807, 2.05) is 61.7 Å². The van der Waals surface area contributed by atoms with Gasteiger partial charge in [-0.15, -0.1) is 0 Å². The van der Waals surface area contributed by atoms with Crippen molar-refractivity contribution in [1.82, 2.24) is 14.9 Å². The largest absolute Gasteiger partial charge is 0.497 e. The zero-order valence-electron chi connectivity index (χ0n) is 16.8. The van der Waals surface area contributed by atoms with E-state index in [9.17, 15) is 4.79 Å². The molecule has 1 fully saturated rings. The number of aromatic nitrogens is 2. The number of hydrogen-bond donors (Lipinski definition) is 2. The van der Waals surface area contributed by atoms with Gasteiger partial charge in [-0.25, -0.2) is 4.98 Å². The molecule has 150 valence electrons. The van der Waals surface area contributed by atoms with Crippen molar-refractivity contribution in [2.45, 2.75) is 32.4 Å². The number of carbonyl (C=O) groups excluding carboxylic acids is 1. The van der Waals surface area contributed by atoms with Gasteiger partial charge in [-0.05, 0) is 61.7 Å². The van der Waals surface area contributed by atoms with Crippen molar-refractivity contribution in [2.75, 3.05) is 19.0 Å². The van der Waals surface area contributed by atoms with Crippen LogP contribution in [0.4, 0.5) is 5.69 Å². The summed E-state index contributed by atoms with van der Waals surface area (Å²) in [4.78, 5) is 22.6. The van der Waals surface area contributed by atoms with Crippen LogP contribution < -0.4 is 10.1 Å². The topological polar surface area (TPSA) is 70.2 Å². The number of nitrogens with zero attached hydrogens (tertiary/aromatic N) is 2. The Kier molecular flexibility index (Phi) is 5.62. The molecule has 0 radical (unpaired) electrons. The van der Waals surface area contributed by atoms with Crippen LogP contribution in [0.1, 0.15) is 24.4 Å². The lowest BCUT2D eigenvalue weighted by Gasteiger charge is -2.23. The molecule has 3 aromatic rings. The van der Waals surface area contributed by atoms with Gasteiger partial charge in [0.15, 0.2) is 0 Å².